The smallest absolute Gasteiger partial charge is 0.311 e. The molecule has 2 saturated heterocycles. The quantitative estimate of drug-likeness (QED) is 0.409. The van der Waals surface area contributed by atoms with Crippen LogP contribution in [0.3, 0.4) is 0 Å². The highest BCUT2D eigenvalue weighted by molar-refractivity contribution is 8.02. The molecule has 8 nitrogen and oxygen atoms in total. The van der Waals surface area contributed by atoms with Gasteiger partial charge < -0.3 is 24.5 Å². The standard InChI is InChI=1S/C30H39N3O5S/c1-4-31(5-2)21-11-13-22(14-12-21)32-17-9-16-30-23(26(35)33(18-10-19-34)25(30)27(32)36)24-28(37)38-20-8-6-7-15-29(24,3)39-30/h7,9,11-16,23-25,34H,4-6,8,10,17-20H2,1-3H3/b15-7-/t23-,24+,25?,29-,30-/m0/s1. The predicted octanol–water partition coefficient (Wildman–Crippen LogP) is 3.40. The lowest BCUT2D eigenvalue weighted by atomic mass is 9.74. The van der Waals surface area contributed by atoms with Gasteiger partial charge in [-0.15, -0.1) is 11.8 Å². The minimum Gasteiger partial charge on any atom is -0.465 e. The first-order valence-electron chi connectivity index (χ1n) is 14.1. The number of aliphatic hydroxyl groups is 1. The fourth-order valence-electron chi connectivity index (χ4n) is 6.78. The summed E-state index contributed by atoms with van der Waals surface area (Å²) in [7, 11) is 0. The van der Waals surface area contributed by atoms with Crippen LogP contribution >= 0.6 is 11.8 Å². The molecule has 1 N–H and O–H groups in total. The fraction of sp³-hybridized carbons (Fsp3) is 0.567. The minimum atomic E-state index is -0.915. The van der Waals surface area contributed by atoms with Gasteiger partial charge in [0.25, 0.3) is 5.91 Å². The number of fused-ring (bicyclic) bond motifs is 2. The van der Waals surface area contributed by atoms with Gasteiger partial charge in [-0.05, 0) is 64.3 Å². The Hall–Kier alpha value is -2.78. The molecule has 4 heterocycles. The van der Waals surface area contributed by atoms with Gasteiger partial charge in [0.2, 0.25) is 5.91 Å². The second-order valence-electron chi connectivity index (χ2n) is 10.9. The molecule has 2 fully saturated rings. The number of amides is 2. The maximum absolute atomic E-state index is 14.5. The number of ether oxygens (including phenoxy) is 1. The van der Waals surface area contributed by atoms with E-state index in [4.69, 9.17) is 4.74 Å². The van der Waals surface area contributed by atoms with Crippen molar-refractivity contribution in [1.82, 2.24) is 4.90 Å². The summed E-state index contributed by atoms with van der Waals surface area (Å²) in [6.45, 7) is 8.86. The number of esters is 1. The fourth-order valence-corrected chi connectivity index (χ4v) is 8.93. The number of likely N-dealkylation sites (tertiary alicyclic amines) is 1. The summed E-state index contributed by atoms with van der Waals surface area (Å²) in [6.07, 6.45) is 10.0. The Morgan fingerprint density at radius 2 is 1.79 bits per heavy atom. The van der Waals surface area contributed by atoms with Crippen molar-refractivity contribution < 1.29 is 24.2 Å². The summed E-state index contributed by atoms with van der Waals surface area (Å²) in [5.41, 5.74) is 1.86. The largest absolute Gasteiger partial charge is 0.465 e. The predicted molar refractivity (Wildman–Crippen MR) is 154 cm³/mol. The number of carbonyl (C=O) groups is 3. The van der Waals surface area contributed by atoms with Crippen LogP contribution in [0.1, 0.15) is 40.0 Å². The molecular weight excluding hydrogens is 514 g/mol. The Bertz CT molecular complexity index is 1170. The number of aliphatic hydroxyl groups excluding tert-OH is 1. The third-order valence-electron chi connectivity index (χ3n) is 8.60. The molecule has 0 saturated carbocycles. The van der Waals surface area contributed by atoms with Crippen LogP contribution in [0.5, 0.6) is 0 Å². The first-order chi connectivity index (χ1) is 18.8. The molecule has 9 heteroatoms. The van der Waals surface area contributed by atoms with E-state index >= 15 is 0 Å². The number of hydrogen-bond donors (Lipinski definition) is 1. The van der Waals surface area contributed by atoms with Crippen LogP contribution in [0.4, 0.5) is 11.4 Å². The van der Waals surface area contributed by atoms with Gasteiger partial charge in [0.05, 0.1) is 23.2 Å². The van der Waals surface area contributed by atoms with Gasteiger partial charge in [0.15, 0.2) is 0 Å². The SMILES string of the molecule is CCN(CC)c1ccc(N2CC=C[C@]34S[C@@]5(C)/C=C\CCCOC(=O)[C@H]5[C@H]3C(=O)N(CCCO)C4C2=O)cc1. The molecule has 1 spiro atoms. The molecule has 210 valence electrons. The Morgan fingerprint density at radius 1 is 1.05 bits per heavy atom. The molecular formula is C30H39N3O5S. The normalized spacial score (nSPS) is 32.9. The lowest BCUT2D eigenvalue weighted by molar-refractivity contribution is -0.154. The van der Waals surface area contributed by atoms with Crippen LogP contribution < -0.4 is 9.80 Å². The third kappa shape index (κ3) is 4.57. The van der Waals surface area contributed by atoms with Crippen LogP contribution in [0.25, 0.3) is 0 Å². The molecule has 2 amide bonds. The monoisotopic (exact) mass is 553 g/mol. The summed E-state index contributed by atoms with van der Waals surface area (Å²) in [5, 5.41) is 9.60. The van der Waals surface area contributed by atoms with Crippen molar-refractivity contribution in [2.24, 2.45) is 11.8 Å². The molecule has 39 heavy (non-hydrogen) atoms. The van der Waals surface area contributed by atoms with Gasteiger partial charge in [0, 0.05) is 48.9 Å². The van der Waals surface area contributed by atoms with Crippen molar-refractivity contribution in [3.05, 3.63) is 48.6 Å². The van der Waals surface area contributed by atoms with E-state index in [9.17, 15) is 19.5 Å². The molecule has 4 aliphatic rings. The highest BCUT2D eigenvalue weighted by Crippen LogP contribution is 2.65. The van der Waals surface area contributed by atoms with Gasteiger partial charge in [-0.3, -0.25) is 14.4 Å². The molecule has 0 aromatic heterocycles. The Kier molecular flexibility index (Phi) is 7.84. The lowest BCUT2D eigenvalue weighted by Crippen LogP contribution is -2.53. The van der Waals surface area contributed by atoms with E-state index < -0.39 is 27.4 Å². The summed E-state index contributed by atoms with van der Waals surface area (Å²) >= 11 is 1.55. The van der Waals surface area contributed by atoms with Gasteiger partial charge in [0.1, 0.15) is 6.04 Å². The Labute approximate surface area is 235 Å². The molecule has 1 aromatic rings. The number of benzene rings is 1. The number of hydrogen-bond acceptors (Lipinski definition) is 7. The molecule has 0 aliphatic carbocycles. The number of rotatable bonds is 7. The minimum absolute atomic E-state index is 0.0895. The molecule has 1 unspecified atom stereocenters. The molecule has 4 aliphatic heterocycles. The number of thioether (sulfide) groups is 1. The van der Waals surface area contributed by atoms with Crippen molar-refractivity contribution >= 4 is 40.9 Å². The van der Waals surface area contributed by atoms with Crippen molar-refractivity contribution in [3.63, 3.8) is 0 Å². The number of anilines is 2. The molecule has 5 rings (SSSR count). The molecule has 1 aromatic carbocycles. The maximum atomic E-state index is 14.5. The molecule has 0 bridgehead atoms. The highest BCUT2D eigenvalue weighted by Gasteiger charge is 2.73. The number of cyclic esters (lactones) is 1. The zero-order valence-electron chi connectivity index (χ0n) is 23.0. The summed E-state index contributed by atoms with van der Waals surface area (Å²) in [4.78, 5) is 47.7. The van der Waals surface area contributed by atoms with Gasteiger partial charge in [-0.25, -0.2) is 0 Å². The van der Waals surface area contributed by atoms with Gasteiger partial charge in [-0.2, -0.15) is 0 Å². The van der Waals surface area contributed by atoms with Crippen molar-refractivity contribution in [3.8, 4) is 0 Å². The van der Waals surface area contributed by atoms with E-state index in [-0.39, 0.29) is 30.9 Å². The van der Waals surface area contributed by atoms with Gasteiger partial charge in [-0.1, -0.05) is 24.3 Å². The van der Waals surface area contributed by atoms with E-state index in [1.807, 2.05) is 43.3 Å². The van der Waals surface area contributed by atoms with Crippen molar-refractivity contribution in [2.75, 3.05) is 49.2 Å². The molecule has 0 radical (unpaired) electrons. The average molecular weight is 554 g/mol. The third-order valence-corrected chi connectivity index (χ3v) is 10.4. The summed E-state index contributed by atoms with van der Waals surface area (Å²) < 4.78 is 4.06. The van der Waals surface area contributed by atoms with Gasteiger partial charge >= 0.3 is 5.97 Å². The number of carbonyl (C=O) groups excluding carboxylic acids is 3. The Morgan fingerprint density at radius 3 is 2.49 bits per heavy atom. The number of allylic oxidation sites excluding steroid dienone is 1. The van der Waals surface area contributed by atoms with E-state index in [0.29, 0.717) is 19.6 Å². The highest BCUT2D eigenvalue weighted by atomic mass is 32.2. The zero-order chi connectivity index (χ0) is 27.8. The zero-order valence-corrected chi connectivity index (χ0v) is 23.9. The van der Waals surface area contributed by atoms with Crippen LogP contribution in [0.2, 0.25) is 0 Å². The number of nitrogens with zero attached hydrogens (tertiary/aromatic N) is 3. The van der Waals surface area contributed by atoms with Crippen LogP contribution in [-0.4, -0.2) is 82.7 Å². The second-order valence-corrected chi connectivity index (χ2v) is 12.6. The maximum Gasteiger partial charge on any atom is 0.311 e. The second kappa shape index (κ2) is 11.0. The van der Waals surface area contributed by atoms with E-state index in [2.05, 4.69) is 30.9 Å². The van der Waals surface area contributed by atoms with Crippen LogP contribution in [-0.2, 0) is 19.1 Å². The average Bonchev–Trinajstić information content (AvgIpc) is 3.27. The Balaban J connectivity index is 1.57. The molecule has 5 atom stereocenters. The van der Waals surface area contributed by atoms with Crippen molar-refractivity contribution in [1.29, 1.82) is 0 Å². The van der Waals surface area contributed by atoms with Crippen LogP contribution in [0.15, 0.2) is 48.6 Å². The lowest BCUT2D eigenvalue weighted by Gasteiger charge is -2.37. The van der Waals surface area contributed by atoms with E-state index in [1.165, 1.54) is 0 Å². The summed E-state index contributed by atoms with van der Waals surface area (Å²) in [6, 6.07) is 7.20. The topological polar surface area (TPSA) is 90.4 Å². The first-order valence-corrected chi connectivity index (χ1v) is 14.9. The van der Waals surface area contributed by atoms with Crippen LogP contribution in [0, 0.1) is 11.8 Å². The first kappa shape index (κ1) is 27.8. The van der Waals surface area contributed by atoms with E-state index in [0.717, 1.165) is 37.3 Å². The summed E-state index contributed by atoms with van der Waals surface area (Å²) in [5.74, 6) is -2.18. The van der Waals surface area contributed by atoms with E-state index in [1.54, 1.807) is 21.6 Å². The van der Waals surface area contributed by atoms with Crippen molar-refractivity contribution in [2.45, 2.75) is 55.6 Å².